The van der Waals surface area contributed by atoms with Crippen LogP contribution >= 0.6 is 0 Å². The molecule has 0 bridgehead atoms. The molecule has 0 spiro atoms. The molecule has 2 heteroatoms. The first-order valence-corrected chi connectivity index (χ1v) is 2.45. The minimum absolute atomic E-state index is 0.389. The fraction of sp³-hybridized carbons (Fsp3) is 0.333. The molecule has 1 aliphatic rings. The van der Waals surface area contributed by atoms with Crippen LogP contribution in [0.4, 0.5) is 0 Å². The van der Waals surface area contributed by atoms with Crippen molar-refractivity contribution in [1.29, 1.82) is 0 Å². The van der Waals surface area contributed by atoms with Crippen LogP contribution in [0.5, 0.6) is 0 Å². The fourth-order valence-corrected chi connectivity index (χ4v) is 0.529. The summed E-state index contributed by atoms with van der Waals surface area (Å²) in [5.41, 5.74) is 0. The Morgan fingerprint density at radius 2 is 2.50 bits per heavy atom. The van der Waals surface area contributed by atoms with E-state index >= 15 is 0 Å². The van der Waals surface area contributed by atoms with E-state index in [1.54, 1.807) is 12.2 Å². The number of rotatable bonds is 1. The molecular weight excluding hydrogens is 104 g/mol. The first-order valence-electron chi connectivity index (χ1n) is 2.45. The van der Waals surface area contributed by atoms with Crippen molar-refractivity contribution in [3.63, 3.8) is 0 Å². The van der Waals surface area contributed by atoms with Gasteiger partial charge in [0.1, 0.15) is 12.4 Å². The average molecular weight is 112 g/mol. The van der Waals surface area contributed by atoms with Gasteiger partial charge in [-0.3, -0.25) is 0 Å². The maximum absolute atomic E-state index is 4.96. The number of hydrogen-bond acceptors (Lipinski definition) is 2. The van der Waals surface area contributed by atoms with Gasteiger partial charge in [-0.1, -0.05) is 12.7 Å². The van der Waals surface area contributed by atoms with Crippen LogP contribution in [0.1, 0.15) is 0 Å². The summed E-state index contributed by atoms with van der Waals surface area (Å²) in [4.78, 5) is 0. The third-order valence-electron chi connectivity index (χ3n) is 0.876. The van der Waals surface area contributed by atoms with E-state index in [1.807, 2.05) is 0 Å². The summed E-state index contributed by atoms with van der Waals surface area (Å²) < 4.78 is 9.83. The maximum Gasteiger partial charge on any atom is 0.189 e. The van der Waals surface area contributed by atoms with Crippen LogP contribution in [-0.4, -0.2) is 13.4 Å². The molecule has 8 heavy (non-hydrogen) atoms. The molecule has 0 aliphatic carbocycles. The minimum Gasteiger partial charge on any atom is -0.469 e. The highest BCUT2D eigenvalue weighted by Gasteiger charge is 2.04. The molecule has 0 aromatic carbocycles. The average Bonchev–Trinajstić information content (AvgIpc) is 2.19. The van der Waals surface area contributed by atoms with Crippen LogP contribution in [-0.2, 0) is 9.47 Å². The quantitative estimate of drug-likeness (QED) is 0.505. The Morgan fingerprint density at radius 3 is 3.00 bits per heavy atom. The van der Waals surface area contributed by atoms with E-state index in [9.17, 15) is 0 Å². The Labute approximate surface area is 48.4 Å². The van der Waals surface area contributed by atoms with Crippen molar-refractivity contribution in [3.05, 3.63) is 24.5 Å². The Bertz CT molecular complexity index is 108. The van der Waals surface area contributed by atoms with E-state index in [4.69, 9.17) is 9.47 Å². The number of hydrogen-bond donors (Lipinski definition) is 0. The number of allylic oxidation sites excluding steroid dienone is 2. The van der Waals surface area contributed by atoms with Crippen LogP contribution < -0.4 is 0 Å². The van der Waals surface area contributed by atoms with Gasteiger partial charge in [0, 0.05) is 0 Å². The molecule has 2 nitrogen and oxygen atoms in total. The third-order valence-corrected chi connectivity index (χ3v) is 0.876. The zero-order valence-electron chi connectivity index (χ0n) is 4.59. The molecule has 1 fully saturated rings. The molecule has 0 unspecified atom stereocenters. The van der Waals surface area contributed by atoms with Crippen LogP contribution in [0.3, 0.4) is 0 Å². The molecule has 0 amide bonds. The van der Waals surface area contributed by atoms with E-state index in [0.717, 1.165) is 5.76 Å². The van der Waals surface area contributed by atoms with Crippen LogP contribution in [0, 0.1) is 0 Å². The summed E-state index contributed by atoms with van der Waals surface area (Å²) in [5, 5.41) is 0. The summed E-state index contributed by atoms with van der Waals surface area (Å²) in [6.07, 6.45) is 3.48. The molecule has 1 heterocycles. The molecule has 0 aromatic rings. The number of ether oxygens (including phenoxy) is 2. The van der Waals surface area contributed by atoms with Crippen LogP contribution in [0.2, 0.25) is 0 Å². The van der Waals surface area contributed by atoms with Gasteiger partial charge in [-0.25, -0.2) is 0 Å². The maximum atomic E-state index is 4.96. The van der Waals surface area contributed by atoms with Crippen LogP contribution in [0.25, 0.3) is 0 Å². The monoisotopic (exact) mass is 112 g/mol. The topological polar surface area (TPSA) is 18.5 Å². The lowest BCUT2D eigenvalue weighted by Gasteiger charge is -1.88. The van der Waals surface area contributed by atoms with Crippen molar-refractivity contribution in [1.82, 2.24) is 0 Å². The lowest BCUT2D eigenvalue weighted by atomic mass is 10.4. The summed E-state index contributed by atoms with van der Waals surface area (Å²) in [6.45, 7) is 4.49. The van der Waals surface area contributed by atoms with Gasteiger partial charge in [0.15, 0.2) is 6.79 Å². The Balaban J connectivity index is 2.44. The summed E-state index contributed by atoms with van der Waals surface area (Å²) >= 11 is 0. The smallest absolute Gasteiger partial charge is 0.189 e. The first-order chi connectivity index (χ1) is 3.93. The molecule has 1 saturated heterocycles. The second-order valence-electron chi connectivity index (χ2n) is 1.48. The summed E-state index contributed by atoms with van der Waals surface area (Å²) in [7, 11) is 0. The second-order valence-corrected chi connectivity index (χ2v) is 1.48. The zero-order chi connectivity index (χ0) is 5.82. The highest BCUT2D eigenvalue weighted by atomic mass is 16.7. The molecule has 1 rings (SSSR count). The second kappa shape index (κ2) is 2.52. The van der Waals surface area contributed by atoms with Crippen molar-refractivity contribution >= 4 is 0 Å². The Morgan fingerprint density at radius 1 is 1.62 bits per heavy atom. The van der Waals surface area contributed by atoms with Gasteiger partial charge in [-0.2, -0.15) is 0 Å². The van der Waals surface area contributed by atoms with Crippen molar-refractivity contribution in [3.8, 4) is 0 Å². The highest BCUT2D eigenvalue weighted by Crippen LogP contribution is 2.05. The van der Waals surface area contributed by atoms with Crippen LogP contribution in [0.15, 0.2) is 24.5 Å². The normalized spacial score (nSPS) is 23.2. The molecule has 0 atom stereocenters. The van der Waals surface area contributed by atoms with Gasteiger partial charge < -0.3 is 9.47 Å². The van der Waals surface area contributed by atoms with E-state index in [0.29, 0.717) is 13.4 Å². The standard InChI is InChI=1S/C6H8O2/c1-2-3-6-4-7-5-8-6/h2-3H,1,4-5H2/b6-3+. The van der Waals surface area contributed by atoms with Crippen molar-refractivity contribution in [2.45, 2.75) is 0 Å². The molecule has 0 N–H and O–H groups in total. The van der Waals surface area contributed by atoms with E-state index in [1.165, 1.54) is 0 Å². The molecule has 1 aliphatic heterocycles. The Hall–Kier alpha value is -0.760. The summed E-state index contributed by atoms with van der Waals surface area (Å²) in [5.74, 6) is 0.861. The minimum atomic E-state index is 0.389. The molecule has 0 aromatic heterocycles. The molecule has 0 radical (unpaired) electrons. The lowest BCUT2D eigenvalue weighted by molar-refractivity contribution is 0.0800. The third kappa shape index (κ3) is 1.10. The first kappa shape index (κ1) is 5.38. The van der Waals surface area contributed by atoms with Crippen molar-refractivity contribution in [2.24, 2.45) is 0 Å². The fourth-order valence-electron chi connectivity index (χ4n) is 0.529. The van der Waals surface area contributed by atoms with Gasteiger partial charge in [-0.05, 0) is 6.08 Å². The van der Waals surface area contributed by atoms with Gasteiger partial charge >= 0.3 is 0 Å². The van der Waals surface area contributed by atoms with E-state index in [-0.39, 0.29) is 0 Å². The van der Waals surface area contributed by atoms with Crippen molar-refractivity contribution in [2.75, 3.05) is 13.4 Å². The van der Waals surface area contributed by atoms with E-state index < -0.39 is 0 Å². The van der Waals surface area contributed by atoms with Gasteiger partial charge in [-0.15, -0.1) is 0 Å². The van der Waals surface area contributed by atoms with Crippen molar-refractivity contribution < 1.29 is 9.47 Å². The molecular formula is C6H8O2. The highest BCUT2D eigenvalue weighted by molar-refractivity contribution is 5.05. The van der Waals surface area contributed by atoms with E-state index in [2.05, 4.69) is 6.58 Å². The summed E-state index contributed by atoms with van der Waals surface area (Å²) in [6, 6.07) is 0. The predicted molar refractivity (Wildman–Crippen MR) is 30.2 cm³/mol. The SMILES string of the molecule is C=C/C=C1\COCO1. The molecule has 44 valence electrons. The largest absolute Gasteiger partial charge is 0.469 e. The van der Waals surface area contributed by atoms with Gasteiger partial charge in [0.2, 0.25) is 0 Å². The molecule has 0 saturated carbocycles. The zero-order valence-corrected chi connectivity index (χ0v) is 4.59. The van der Waals surface area contributed by atoms with Gasteiger partial charge in [0.05, 0.1) is 0 Å². The lowest BCUT2D eigenvalue weighted by Crippen LogP contribution is -1.79. The predicted octanol–water partition coefficient (Wildman–Crippen LogP) is 1.06. The van der Waals surface area contributed by atoms with Gasteiger partial charge in [0.25, 0.3) is 0 Å². The Kier molecular flexibility index (Phi) is 1.70.